The first-order valence-corrected chi connectivity index (χ1v) is 10.5. The molecule has 2 aromatic rings. The molecule has 1 N–H and O–H groups in total. The lowest BCUT2D eigenvalue weighted by Gasteiger charge is -2.20. The van der Waals surface area contributed by atoms with E-state index in [-0.39, 0.29) is 11.0 Å². The first-order chi connectivity index (χ1) is 14.4. The van der Waals surface area contributed by atoms with Gasteiger partial charge in [0.1, 0.15) is 0 Å². The molecule has 2 aromatic carbocycles. The van der Waals surface area contributed by atoms with Gasteiger partial charge in [-0.25, -0.2) is 8.42 Å². The van der Waals surface area contributed by atoms with E-state index in [1.54, 1.807) is 32.9 Å². The van der Waals surface area contributed by atoms with Gasteiger partial charge in [0.05, 0.1) is 22.6 Å². The third kappa shape index (κ3) is 5.80. The van der Waals surface area contributed by atoms with Crippen LogP contribution in [0.3, 0.4) is 0 Å². The number of hydrogen-bond acceptors (Lipinski definition) is 3. The highest BCUT2D eigenvalue weighted by Gasteiger charge is 2.37. The molecular formula is C20H20F6N2O3S. The maximum atomic E-state index is 13.0. The summed E-state index contributed by atoms with van der Waals surface area (Å²) in [6.07, 6.45) is -10.2. The number of carbonyl (C=O) groups is 1. The number of halogens is 6. The lowest BCUT2D eigenvalue weighted by atomic mass is 10.1. The number of nitrogens with zero attached hydrogens (tertiary/aromatic N) is 1. The van der Waals surface area contributed by atoms with E-state index in [2.05, 4.69) is 0 Å². The zero-order chi connectivity index (χ0) is 24.6. The lowest BCUT2D eigenvalue weighted by Crippen LogP contribution is -2.35. The molecule has 0 saturated carbocycles. The van der Waals surface area contributed by atoms with Crippen molar-refractivity contribution < 1.29 is 39.6 Å². The minimum absolute atomic E-state index is 0.0307. The molecule has 2 rings (SSSR count). The topological polar surface area (TPSA) is 66.5 Å². The fraction of sp³-hybridized carbons (Fsp3) is 0.350. The number of amides is 1. The number of alkyl halides is 6. The summed E-state index contributed by atoms with van der Waals surface area (Å²) in [4.78, 5) is 12.2. The molecule has 12 heteroatoms. The van der Waals surface area contributed by atoms with Gasteiger partial charge in [-0.2, -0.15) is 30.6 Å². The first kappa shape index (κ1) is 25.7. The van der Waals surface area contributed by atoms with E-state index in [0.29, 0.717) is 27.6 Å². The molecule has 0 bridgehead atoms. The van der Waals surface area contributed by atoms with Crippen molar-refractivity contribution in [3.63, 3.8) is 0 Å². The summed E-state index contributed by atoms with van der Waals surface area (Å²) in [5, 5.41) is 1.91. The molecule has 0 unspecified atom stereocenters. The van der Waals surface area contributed by atoms with E-state index in [9.17, 15) is 39.6 Å². The highest BCUT2D eigenvalue weighted by Crippen LogP contribution is 2.37. The molecule has 0 aliphatic heterocycles. The number of sulfonamides is 1. The zero-order valence-electron chi connectivity index (χ0n) is 17.4. The zero-order valence-corrected chi connectivity index (χ0v) is 18.3. The highest BCUT2D eigenvalue weighted by molar-refractivity contribution is 7.89. The summed E-state index contributed by atoms with van der Waals surface area (Å²) in [5.74, 6) is -1.11. The summed E-state index contributed by atoms with van der Waals surface area (Å²) in [5.41, 5.74) is -2.27. The van der Waals surface area contributed by atoms with Crippen molar-refractivity contribution in [2.45, 2.75) is 38.0 Å². The number of anilines is 1. The van der Waals surface area contributed by atoms with Crippen molar-refractivity contribution in [2.75, 3.05) is 18.9 Å². The summed E-state index contributed by atoms with van der Waals surface area (Å²) in [6, 6.07) is 3.88. The molecule has 0 aliphatic carbocycles. The average molecular weight is 482 g/mol. The third-order valence-electron chi connectivity index (χ3n) is 4.51. The standard InChI is InChI=1S/C20H20F6N2O3S/c1-11-5-12(2)18(13(3)6-11)32(30,31)28(4)10-17(29)27-16-8-14(19(21,22)23)7-15(9-16)20(24,25)26/h5-9H,10H2,1-4H3,(H,27,29). The molecule has 0 heterocycles. The van der Waals surface area contributed by atoms with Crippen LogP contribution in [-0.2, 0) is 27.2 Å². The normalized spacial score (nSPS) is 12.8. The number of benzene rings is 2. The van der Waals surface area contributed by atoms with Crippen LogP contribution in [0.4, 0.5) is 32.0 Å². The van der Waals surface area contributed by atoms with E-state index < -0.39 is 51.6 Å². The largest absolute Gasteiger partial charge is 0.416 e. The molecule has 0 fully saturated rings. The SMILES string of the molecule is Cc1cc(C)c(S(=O)(=O)N(C)CC(=O)Nc2cc(C(F)(F)F)cc(C(F)(F)F)c2)c(C)c1. The van der Waals surface area contributed by atoms with Gasteiger partial charge in [-0.15, -0.1) is 0 Å². The molecule has 0 aliphatic rings. The summed E-state index contributed by atoms with van der Waals surface area (Å²) in [7, 11) is -3.07. The van der Waals surface area contributed by atoms with E-state index in [0.717, 1.165) is 12.6 Å². The van der Waals surface area contributed by atoms with Crippen LogP contribution in [0.1, 0.15) is 27.8 Å². The Bertz CT molecular complexity index is 1090. The fourth-order valence-electron chi connectivity index (χ4n) is 3.24. The number of likely N-dealkylation sites (N-methyl/N-ethyl adjacent to an activating group) is 1. The Morgan fingerprint density at radius 2 is 1.31 bits per heavy atom. The van der Waals surface area contributed by atoms with E-state index in [1.807, 2.05) is 5.32 Å². The van der Waals surface area contributed by atoms with Crippen molar-refractivity contribution in [1.29, 1.82) is 0 Å². The second-order valence-corrected chi connectivity index (χ2v) is 9.31. The Kier molecular flexibility index (Phi) is 7.01. The molecule has 1 amide bonds. The molecule has 5 nitrogen and oxygen atoms in total. The summed E-state index contributed by atoms with van der Waals surface area (Å²) < 4.78 is 104. The van der Waals surface area contributed by atoms with Gasteiger partial charge in [0.25, 0.3) is 0 Å². The fourth-order valence-corrected chi connectivity index (χ4v) is 4.77. The van der Waals surface area contributed by atoms with Crippen LogP contribution in [0.2, 0.25) is 0 Å². The summed E-state index contributed by atoms with van der Waals surface area (Å²) >= 11 is 0. The second kappa shape index (κ2) is 8.74. The third-order valence-corrected chi connectivity index (χ3v) is 6.62. The Hall–Kier alpha value is -2.60. The van der Waals surface area contributed by atoms with Crippen molar-refractivity contribution >= 4 is 21.6 Å². The van der Waals surface area contributed by atoms with Gasteiger partial charge in [-0.05, 0) is 50.1 Å². The van der Waals surface area contributed by atoms with Crippen molar-refractivity contribution in [1.82, 2.24) is 4.31 Å². The van der Waals surface area contributed by atoms with Gasteiger partial charge in [0.15, 0.2) is 0 Å². The molecule has 32 heavy (non-hydrogen) atoms. The summed E-state index contributed by atoms with van der Waals surface area (Å²) in [6.45, 7) is 4.09. The molecular weight excluding hydrogens is 462 g/mol. The van der Waals surface area contributed by atoms with Gasteiger partial charge >= 0.3 is 12.4 Å². The van der Waals surface area contributed by atoms with Crippen LogP contribution in [-0.4, -0.2) is 32.2 Å². The van der Waals surface area contributed by atoms with Crippen LogP contribution >= 0.6 is 0 Å². The van der Waals surface area contributed by atoms with Gasteiger partial charge in [-0.3, -0.25) is 4.79 Å². The number of carbonyl (C=O) groups excluding carboxylic acids is 1. The predicted molar refractivity (Wildman–Crippen MR) is 106 cm³/mol. The molecule has 0 aromatic heterocycles. The van der Waals surface area contributed by atoms with E-state index in [1.165, 1.54) is 0 Å². The maximum absolute atomic E-state index is 13.0. The van der Waals surface area contributed by atoms with E-state index in [4.69, 9.17) is 0 Å². The Balaban J connectivity index is 2.31. The quantitative estimate of drug-likeness (QED) is 0.616. The van der Waals surface area contributed by atoms with Crippen LogP contribution < -0.4 is 5.32 Å². The van der Waals surface area contributed by atoms with Crippen molar-refractivity contribution in [2.24, 2.45) is 0 Å². The number of rotatable bonds is 5. The Morgan fingerprint density at radius 1 is 0.875 bits per heavy atom. The minimum atomic E-state index is -5.08. The van der Waals surface area contributed by atoms with Gasteiger partial charge < -0.3 is 5.32 Å². The molecule has 0 saturated heterocycles. The second-order valence-electron chi connectivity index (χ2n) is 7.33. The Labute approximate surface area is 181 Å². The number of nitrogens with one attached hydrogen (secondary N) is 1. The first-order valence-electron chi connectivity index (χ1n) is 9.06. The highest BCUT2D eigenvalue weighted by atomic mass is 32.2. The average Bonchev–Trinajstić information content (AvgIpc) is 2.58. The van der Waals surface area contributed by atoms with Crippen molar-refractivity contribution in [3.05, 3.63) is 58.1 Å². The van der Waals surface area contributed by atoms with Crippen molar-refractivity contribution in [3.8, 4) is 0 Å². The lowest BCUT2D eigenvalue weighted by molar-refractivity contribution is -0.143. The smallest absolute Gasteiger partial charge is 0.325 e. The molecule has 176 valence electrons. The number of aryl methyl sites for hydroxylation is 3. The molecule has 0 atom stereocenters. The Morgan fingerprint density at radius 3 is 1.72 bits per heavy atom. The van der Waals surface area contributed by atoms with Gasteiger partial charge in [0.2, 0.25) is 15.9 Å². The monoisotopic (exact) mass is 482 g/mol. The van der Waals surface area contributed by atoms with Crippen LogP contribution in [0.15, 0.2) is 35.2 Å². The minimum Gasteiger partial charge on any atom is -0.325 e. The molecule has 0 spiro atoms. The van der Waals surface area contributed by atoms with Gasteiger partial charge in [0, 0.05) is 12.7 Å². The van der Waals surface area contributed by atoms with Gasteiger partial charge in [-0.1, -0.05) is 17.7 Å². The number of hydrogen-bond donors (Lipinski definition) is 1. The van der Waals surface area contributed by atoms with E-state index >= 15 is 0 Å². The molecule has 0 radical (unpaired) electrons. The van der Waals surface area contributed by atoms with Crippen LogP contribution in [0.5, 0.6) is 0 Å². The predicted octanol–water partition coefficient (Wildman–Crippen LogP) is 4.91. The van der Waals surface area contributed by atoms with Crippen LogP contribution in [0.25, 0.3) is 0 Å². The maximum Gasteiger partial charge on any atom is 0.416 e. The van der Waals surface area contributed by atoms with Crippen LogP contribution in [0, 0.1) is 20.8 Å².